The summed E-state index contributed by atoms with van der Waals surface area (Å²) in [5, 5.41) is 11.3. The van der Waals surface area contributed by atoms with Gasteiger partial charge in [-0.1, -0.05) is 23.7 Å². The molecular weight excluding hydrogens is 270 g/mol. The smallest absolute Gasteiger partial charge is 0.409 e. The van der Waals surface area contributed by atoms with Gasteiger partial charge in [-0.25, -0.2) is 9.78 Å². The van der Waals surface area contributed by atoms with Crippen molar-refractivity contribution in [3.05, 3.63) is 35.5 Å². The molecule has 7 heteroatoms. The van der Waals surface area contributed by atoms with Crippen LogP contribution in [0.2, 0.25) is 5.15 Å². The fraction of sp³-hybridized carbons (Fsp3) is 0.0833. The third kappa shape index (κ3) is 3.11. The number of para-hydroxylation sites is 1. The van der Waals surface area contributed by atoms with Crippen LogP contribution in [-0.2, 0) is 0 Å². The molecule has 0 saturated carbocycles. The Labute approximate surface area is 114 Å². The van der Waals surface area contributed by atoms with Crippen LogP contribution in [0.3, 0.4) is 0 Å². The molecule has 2 aromatic rings. The van der Waals surface area contributed by atoms with Gasteiger partial charge in [-0.3, -0.25) is 5.32 Å². The Hall–Kier alpha value is -2.34. The number of rotatable bonds is 3. The van der Waals surface area contributed by atoms with E-state index >= 15 is 0 Å². The van der Waals surface area contributed by atoms with Gasteiger partial charge in [-0.05, 0) is 12.1 Å². The summed E-state index contributed by atoms with van der Waals surface area (Å²) in [7, 11) is 1.46. The number of carbonyl (C=O) groups is 1. The molecule has 0 aliphatic rings. The van der Waals surface area contributed by atoms with Crippen LogP contribution in [0.15, 0.2) is 30.3 Å². The van der Waals surface area contributed by atoms with E-state index < -0.39 is 6.09 Å². The first-order valence-electron chi connectivity index (χ1n) is 5.28. The number of ether oxygens (including phenoxy) is 1. The zero-order valence-electron chi connectivity index (χ0n) is 9.92. The van der Waals surface area contributed by atoms with Crippen LogP contribution in [0.5, 0.6) is 5.88 Å². The first-order valence-corrected chi connectivity index (χ1v) is 5.66. The van der Waals surface area contributed by atoms with Gasteiger partial charge < -0.3 is 9.84 Å². The van der Waals surface area contributed by atoms with E-state index in [1.807, 2.05) is 0 Å². The van der Waals surface area contributed by atoms with Crippen LogP contribution < -0.4 is 10.1 Å². The fourth-order valence-corrected chi connectivity index (χ4v) is 1.70. The van der Waals surface area contributed by atoms with Crippen LogP contribution in [0, 0.1) is 0 Å². The summed E-state index contributed by atoms with van der Waals surface area (Å²) in [5.41, 5.74) is 0.894. The van der Waals surface area contributed by atoms with E-state index in [4.69, 9.17) is 21.4 Å². The lowest BCUT2D eigenvalue weighted by atomic mass is 10.1. The van der Waals surface area contributed by atoms with E-state index in [-0.39, 0.29) is 11.0 Å². The molecule has 0 atom stereocenters. The second-order valence-corrected chi connectivity index (χ2v) is 3.92. The minimum atomic E-state index is -1.17. The van der Waals surface area contributed by atoms with Crippen molar-refractivity contribution in [2.45, 2.75) is 0 Å². The normalized spacial score (nSPS) is 10.0. The van der Waals surface area contributed by atoms with Gasteiger partial charge in [0.05, 0.1) is 12.8 Å². The van der Waals surface area contributed by atoms with Gasteiger partial charge in [-0.15, -0.1) is 0 Å². The maximum atomic E-state index is 10.7. The number of nitrogens with zero attached hydrogens (tertiary/aromatic N) is 2. The molecule has 0 aliphatic heterocycles. The number of carboxylic acid groups (broad SMARTS) is 1. The zero-order valence-corrected chi connectivity index (χ0v) is 10.7. The summed E-state index contributed by atoms with van der Waals surface area (Å²) in [6.45, 7) is 0. The number of hydrogen-bond donors (Lipinski definition) is 2. The quantitative estimate of drug-likeness (QED) is 0.844. The standard InChI is InChI=1S/C12H10ClN3O3/c1-19-10-6-9(13)15-11(16-10)7-4-2-3-5-8(7)14-12(17)18/h2-6,14H,1H3,(H,17,18). The molecule has 0 radical (unpaired) electrons. The van der Waals surface area contributed by atoms with Crippen molar-refractivity contribution in [1.29, 1.82) is 0 Å². The molecule has 1 aromatic heterocycles. The lowest BCUT2D eigenvalue weighted by molar-refractivity contribution is 0.210. The Morgan fingerprint density at radius 1 is 1.37 bits per heavy atom. The molecule has 0 aliphatic carbocycles. The summed E-state index contributed by atoms with van der Waals surface area (Å²) in [4.78, 5) is 18.9. The van der Waals surface area contributed by atoms with Crippen molar-refractivity contribution >= 4 is 23.4 Å². The van der Waals surface area contributed by atoms with Crippen molar-refractivity contribution in [3.63, 3.8) is 0 Å². The average Bonchev–Trinajstić information content (AvgIpc) is 2.38. The van der Waals surface area contributed by atoms with Gasteiger partial charge in [-0.2, -0.15) is 4.98 Å². The molecule has 0 spiro atoms. The highest BCUT2D eigenvalue weighted by Crippen LogP contribution is 2.27. The van der Waals surface area contributed by atoms with Gasteiger partial charge in [0, 0.05) is 11.6 Å². The molecule has 98 valence electrons. The highest BCUT2D eigenvalue weighted by molar-refractivity contribution is 6.29. The number of methoxy groups -OCH3 is 1. The fourth-order valence-electron chi connectivity index (χ4n) is 1.52. The maximum Gasteiger partial charge on any atom is 0.409 e. The van der Waals surface area contributed by atoms with Gasteiger partial charge >= 0.3 is 6.09 Å². The predicted octanol–water partition coefficient (Wildman–Crippen LogP) is 2.90. The molecule has 0 saturated heterocycles. The summed E-state index contributed by atoms with van der Waals surface area (Å²) >= 11 is 5.87. The number of aromatic nitrogens is 2. The summed E-state index contributed by atoms with van der Waals surface area (Å²) in [6, 6.07) is 8.23. The number of benzene rings is 1. The second kappa shape index (κ2) is 5.53. The van der Waals surface area contributed by atoms with E-state index in [1.165, 1.54) is 13.2 Å². The van der Waals surface area contributed by atoms with E-state index in [2.05, 4.69) is 15.3 Å². The van der Waals surface area contributed by atoms with Gasteiger partial charge in [0.1, 0.15) is 5.15 Å². The number of amides is 1. The van der Waals surface area contributed by atoms with Gasteiger partial charge in [0.15, 0.2) is 5.82 Å². The first-order chi connectivity index (χ1) is 9.10. The second-order valence-electron chi connectivity index (χ2n) is 3.53. The molecule has 19 heavy (non-hydrogen) atoms. The highest BCUT2D eigenvalue weighted by atomic mass is 35.5. The minimum absolute atomic E-state index is 0.215. The Morgan fingerprint density at radius 3 is 2.79 bits per heavy atom. The van der Waals surface area contributed by atoms with Crippen LogP contribution in [-0.4, -0.2) is 28.3 Å². The zero-order chi connectivity index (χ0) is 13.8. The van der Waals surface area contributed by atoms with Crippen molar-refractivity contribution < 1.29 is 14.6 Å². The van der Waals surface area contributed by atoms with Crippen LogP contribution in [0.25, 0.3) is 11.4 Å². The highest BCUT2D eigenvalue weighted by Gasteiger charge is 2.11. The van der Waals surface area contributed by atoms with E-state index in [9.17, 15) is 4.79 Å². The van der Waals surface area contributed by atoms with Crippen LogP contribution >= 0.6 is 11.6 Å². The third-order valence-corrected chi connectivity index (χ3v) is 2.48. The molecule has 0 bridgehead atoms. The Bertz CT molecular complexity index is 619. The Kier molecular flexibility index (Phi) is 3.82. The number of nitrogens with one attached hydrogen (secondary N) is 1. The van der Waals surface area contributed by atoms with E-state index in [1.54, 1.807) is 24.3 Å². The Morgan fingerprint density at radius 2 is 2.11 bits per heavy atom. The largest absolute Gasteiger partial charge is 0.481 e. The molecule has 6 nitrogen and oxygen atoms in total. The maximum absolute atomic E-state index is 10.7. The number of halogens is 1. The summed E-state index contributed by atoms with van der Waals surface area (Å²) < 4.78 is 5.01. The Balaban J connectivity index is 2.52. The molecule has 0 unspecified atom stereocenters. The molecule has 1 aromatic carbocycles. The lowest BCUT2D eigenvalue weighted by Crippen LogP contribution is -2.08. The van der Waals surface area contributed by atoms with Crippen LogP contribution in [0.1, 0.15) is 0 Å². The number of hydrogen-bond acceptors (Lipinski definition) is 4. The molecule has 1 heterocycles. The third-order valence-electron chi connectivity index (χ3n) is 2.29. The molecule has 0 fully saturated rings. The van der Waals surface area contributed by atoms with Crippen molar-refractivity contribution in [3.8, 4) is 17.3 Å². The minimum Gasteiger partial charge on any atom is -0.481 e. The van der Waals surface area contributed by atoms with Crippen molar-refractivity contribution in [1.82, 2.24) is 9.97 Å². The summed E-state index contributed by atoms with van der Waals surface area (Å²) in [6.07, 6.45) is -1.17. The van der Waals surface area contributed by atoms with E-state index in [0.29, 0.717) is 17.1 Å². The number of anilines is 1. The average molecular weight is 280 g/mol. The van der Waals surface area contributed by atoms with E-state index in [0.717, 1.165) is 0 Å². The van der Waals surface area contributed by atoms with Crippen molar-refractivity contribution in [2.75, 3.05) is 12.4 Å². The van der Waals surface area contributed by atoms with Gasteiger partial charge in [0.2, 0.25) is 5.88 Å². The SMILES string of the molecule is COc1cc(Cl)nc(-c2ccccc2NC(=O)O)n1. The molecule has 1 amide bonds. The molecule has 2 N–H and O–H groups in total. The first kappa shape index (κ1) is 13.1. The van der Waals surface area contributed by atoms with Gasteiger partial charge in [0.25, 0.3) is 0 Å². The summed E-state index contributed by atoms with van der Waals surface area (Å²) in [5.74, 6) is 0.592. The van der Waals surface area contributed by atoms with Crippen molar-refractivity contribution in [2.24, 2.45) is 0 Å². The molecule has 2 rings (SSSR count). The van der Waals surface area contributed by atoms with Crippen LogP contribution in [0.4, 0.5) is 10.5 Å². The topological polar surface area (TPSA) is 84.3 Å². The molecular formula is C12H10ClN3O3. The predicted molar refractivity (Wildman–Crippen MR) is 70.7 cm³/mol. The monoisotopic (exact) mass is 279 g/mol. The lowest BCUT2D eigenvalue weighted by Gasteiger charge is -2.09.